The first-order chi connectivity index (χ1) is 8.40. The van der Waals surface area contributed by atoms with Gasteiger partial charge in [0.1, 0.15) is 0 Å². The Balaban J connectivity index is 2.28. The van der Waals surface area contributed by atoms with Crippen molar-refractivity contribution in [3.8, 4) is 0 Å². The van der Waals surface area contributed by atoms with Gasteiger partial charge in [0.05, 0.1) is 6.04 Å². The van der Waals surface area contributed by atoms with E-state index in [2.05, 4.69) is 67.9 Å². The van der Waals surface area contributed by atoms with Crippen LogP contribution in [0.3, 0.4) is 0 Å². The van der Waals surface area contributed by atoms with Crippen molar-refractivity contribution < 1.29 is 0 Å². The zero-order valence-corrected chi connectivity index (χ0v) is 13.1. The molecule has 1 aromatic rings. The molecule has 1 rings (SSSR count). The van der Waals surface area contributed by atoms with Crippen LogP contribution < -0.4 is 10.6 Å². The highest BCUT2D eigenvalue weighted by Gasteiger charge is 2.14. The lowest BCUT2D eigenvalue weighted by atomic mass is 10.1. The van der Waals surface area contributed by atoms with Crippen molar-refractivity contribution in [3.05, 3.63) is 22.4 Å². The maximum absolute atomic E-state index is 3.53. The van der Waals surface area contributed by atoms with Gasteiger partial charge in [0.15, 0.2) is 0 Å². The smallest absolute Gasteiger partial charge is 0.0561 e. The topological polar surface area (TPSA) is 27.3 Å². The number of likely N-dealkylation sites (N-methyl/N-ethyl adjacent to an activating group) is 1. The van der Waals surface area contributed by atoms with Gasteiger partial charge >= 0.3 is 0 Å². The molecular formula is C14H27N3S. The Morgan fingerprint density at radius 3 is 2.50 bits per heavy atom. The molecule has 2 N–H and O–H groups in total. The molecule has 0 bridgehead atoms. The van der Waals surface area contributed by atoms with E-state index in [0.717, 1.165) is 19.6 Å². The fourth-order valence-electron chi connectivity index (χ4n) is 1.78. The van der Waals surface area contributed by atoms with Gasteiger partial charge in [-0.1, -0.05) is 6.07 Å². The molecule has 1 unspecified atom stereocenters. The monoisotopic (exact) mass is 269 g/mol. The van der Waals surface area contributed by atoms with E-state index >= 15 is 0 Å². The minimum absolute atomic E-state index is 0.205. The maximum Gasteiger partial charge on any atom is 0.0561 e. The van der Waals surface area contributed by atoms with E-state index < -0.39 is 0 Å². The quantitative estimate of drug-likeness (QED) is 0.744. The van der Waals surface area contributed by atoms with E-state index in [9.17, 15) is 0 Å². The summed E-state index contributed by atoms with van der Waals surface area (Å²) in [6.45, 7) is 9.60. The van der Waals surface area contributed by atoms with Gasteiger partial charge in [0, 0.05) is 30.1 Å². The lowest BCUT2D eigenvalue weighted by Crippen LogP contribution is -2.41. The minimum atomic E-state index is 0.205. The summed E-state index contributed by atoms with van der Waals surface area (Å²) < 4.78 is 0. The molecule has 0 amide bonds. The second-order valence-electron chi connectivity index (χ2n) is 5.88. The summed E-state index contributed by atoms with van der Waals surface area (Å²) in [6.07, 6.45) is 0. The summed E-state index contributed by atoms with van der Waals surface area (Å²) in [5.41, 5.74) is 0.205. The van der Waals surface area contributed by atoms with E-state index in [4.69, 9.17) is 0 Å². The average molecular weight is 269 g/mol. The zero-order chi connectivity index (χ0) is 13.6. The normalized spacial score (nSPS) is 14.1. The molecule has 0 aromatic carbocycles. The number of rotatable bonds is 7. The van der Waals surface area contributed by atoms with Crippen LogP contribution in [0.4, 0.5) is 0 Å². The Morgan fingerprint density at radius 2 is 2.00 bits per heavy atom. The van der Waals surface area contributed by atoms with Gasteiger partial charge in [-0.15, -0.1) is 11.3 Å². The first-order valence-electron chi connectivity index (χ1n) is 6.56. The molecule has 0 aliphatic rings. The molecule has 1 atom stereocenters. The predicted octanol–water partition coefficient (Wildman–Crippen LogP) is 2.33. The van der Waals surface area contributed by atoms with Crippen LogP contribution in [0.15, 0.2) is 17.5 Å². The number of hydrogen-bond donors (Lipinski definition) is 2. The molecule has 0 fully saturated rings. The lowest BCUT2D eigenvalue weighted by Gasteiger charge is -2.25. The summed E-state index contributed by atoms with van der Waals surface area (Å²) in [5, 5.41) is 9.16. The van der Waals surface area contributed by atoms with Crippen molar-refractivity contribution in [1.82, 2.24) is 15.5 Å². The van der Waals surface area contributed by atoms with Crippen molar-refractivity contribution in [3.63, 3.8) is 0 Å². The van der Waals surface area contributed by atoms with Gasteiger partial charge in [-0.3, -0.25) is 0 Å². The molecule has 0 aliphatic carbocycles. The molecule has 0 saturated carbocycles. The van der Waals surface area contributed by atoms with Gasteiger partial charge in [-0.25, -0.2) is 0 Å². The second kappa shape index (κ2) is 7.24. The van der Waals surface area contributed by atoms with E-state index in [0.29, 0.717) is 6.04 Å². The van der Waals surface area contributed by atoms with Crippen LogP contribution in [0.25, 0.3) is 0 Å². The first-order valence-corrected chi connectivity index (χ1v) is 7.44. The zero-order valence-electron chi connectivity index (χ0n) is 12.3. The van der Waals surface area contributed by atoms with Crippen LogP contribution in [-0.4, -0.2) is 44.2 Å². The summed E-state index contributed by atoms with van der Waals surface area (Å²) in [7, 11) is 4.28. The predicted molar refractivity (Wildman–Crippen MR) is 81.4 cm³/mol. The third-order valence-electron chi connectivity index (χ3n) is 2.79. The molecule has 1 aromatic heterocycles. The van der Waals surface area contributed by atoms with Crippen molar-refractivity contribution in [2.75, 3.05) is 33.7 Å². The van der Waals surface area contributed by atoms with Crippen LogP contribution in [0.5, 0.6) is 0 Å². The Hall–Kier alpha value is -0.420. The average Bonchev–Trinajstić information content (AvgIpc) is 2.74. The largest absolute Gasteiger partial charge is 0.314 e. The second-order valence-corrected chi connectivity index (χ2v) is 6.86. The van der Waals surface area contributed by atoms with Gasteiger partial charge in [0.2, 0.25) is 0 Å². The Kier molecular flexibility index (Phi) is 6.29. The Labute approximate surface area is 116 Å². The van der Waals surface area contributed by atoms with Crippen LogP contribution in [-0.2, 0) is 0 Å². The van der Waals surface area contributed by atoms with Crippen LogP contribution >= 0.6 is 11.3 Å². The summed E-state index contributed by atoms with van der Waals surface area (Å²) in [5.74, 6) is 0. The number of nitrogens with one attached hydrogen (secondary N) is 2. The summed E-state index contributed by atoms with van der Waals surface area (Å²) in [4.78, 5) is 3.70. The molecule has 104 valence electrons. The highest BCUT2D eigenvalue weighted by molar-refractivity contribution is 7.10. The van der Waals surface area contributed by atoms with Gasteiger partial charge in [-0.2, -0.15) is 0 Å². The van der Waals surface area contributed by atoms with Gasteiger partial charge < -0.3 is 15.5 Å². The van der Waals surface area contributed by atoms with Gasteiger partial charge in [0.25, 0.3) is 0 Å². The van der Waals surface area contributed by atoms with E-state index in [1.54, 1.807) is 0 Å². The molecule has 0 saturated heterocycles. The number of hydrogen-bond acceptors (Lipinski definition) is 4. The maximum atomic E-state index is 3.53. The summed E-state index contributed by atoms with van der Waals surface area (Å²) >= 11 is 1.83. The molecule has 4 heteroatoms. The third-order valence-corrected chi connectivity index (χ3v) is 3.76. The first kappa shape index (κ1) is 15.6. The fraction of sp³-hybridized carbons (Fsp3) is 0.714. The lowest BCUT2D eigenvalue weighted by molar-refractivity contribution is 0.291. The van der Waals surface area contributed by atoms with Crippen molar-refractivity contribution in [2.24, 2.45) is 0 Å². The van der Waals surface area contributed by atoms with E-state index in [-0.39, 0.29) is 5.54 Å². The molecule has 1 heterocycles. The SMILES string of the molecule is CN(C)C(CNCCNC(C)(C)C)c1cccs1. The summed E-state index contributed by atoms with van der Waals surface area (Å²) in [6, 6.07) is 4.81. The van der Waals surface area contributed by atoms with E-state index in [1.807, 2.05) is 11.3 Å². The molecule has 18 heavy (non-hydrogen) atoms. The van der Waals surface area contributed by atoms with Crippen LogP contribution in [0.1, 0.15) is 31.7 Å². The highest BCUT2D eigenvalue weighted by atomic mass is 32.1. The number of nitrogens with zero attached hydrogens (tertiary/aromatic N) is 1. The molecule has 0 aliphatic heterocycles. The minimum Gasteiger partial charge on any atom is -0.314 e. The third kappa shape index (κ3) is 5.96. The molecule has 0 radical (unpaired) electrons. The molecule has 0 spiro atoms. The number of thiophene rings is 1. The molecular weight excluding hydrogens is 242 g/mol. The van der Waals surface area contributed by atoms with Crippen LogP contribution in [0, 0.1) is 0 Å². The van der Waals surface area contributed by atoms with Gasteiger partial charge in [-0.05, 0) is 46.3 Å². The molecule has 3 nitrogen and oxygen atoms in total. The van der Waals surface area contributed by atoms with E-state index in [1.165, 1.54) is 4.88 Å². The van der Waals surface area contributed by atoms with Crippen molar-refractivity contribution in [1.29, 1.82) is 0 Å². The Morgan fingerprint density at radius 1 is 1.28 bits per heavy atom. The van der Waals surface area contributed by atoms with Crippen molar-refractivity contribution in [2.45, 2.75) is 32.4 Å². The Bertz CT molecular complexity index is 314. The van der Waals surface area contributed by atoms with Crippen LogP contribution in [0.2, 0.25) is 0 Å². The standard InChI is InChI=1S/C14H27N3S/c1-14(2,3)16-9-8-15-11-12(17(4)5)13-7-6-10-18-13/h6-7,10,12,15-16H,8-9,11H2,1-5H3. The van der Waals surface area contributed by atoms with Crippen molar-refractivity contribution >= 4 is 11.3 Å². The highest BCUT2D eigenvalue weighted by Crippen LogP contribution is 2.22. The fourth-order valence-corrected chi connectivity index (χ4v) is 2.71.